The topological polar surface area (TPSA) is 67.9 Å². The Hall–Kier alpha value is -1.69. The lowest BCUT2D eigenvalue weighted by atomic mass is 9.75. The van der Waals surface area contributed by atoms with Crippen LogP contribution in [0.3, 0.4) is 0 Å². The van der Waals surface area contributed by atoms with Crippen molar-refractivity contribution in [1.82, 2.24) is 15.2 Å². The molecule has 3 rings (SSSR count). The van der Waals surface area contributed by atoms with E-state index in [4.69, 9.17) is 4.74 Å². The van der Waals surface area contributed by atoms with Crippen LogP contribution < -0.4 is 0 Å². The molecule has 2 aromatic rings. The molecular weight excluding hydrogens is 394 g/mol. The van der Waals surface area contributed by atoms with Crippen molar-refractivity contribution < 1.29 is 9.53 Å². The first-order valence-corrected chi connectivity index (χ1v) is 10.1. The third-order valence-electron chi connectivity index (χ3n) is 5.18. The van der Waals surface area contributed by atoms with Crippen LogP contribution in [-0.4, -0.2) is 27.3 Å². The van der Waals surface area contributed by atoms with Crippen LogP contribution in [0.15, 0.2) is 24.3 Å². The second-order valence-corrected chi connectivity index (χ2v) is 8.62. The summed E-state index contributed by atoms with van der Waals surface area (Å²) < 4.78 is 5.84. The molecule has 1 saturated carbocycles. The van der Waals surface area contributed by atoms with Crippen molar-refractivity contribution in [2.75, 3.05) is 0 Å². The van der Waals surface area contributed by atoms with E-state index in [9.17, 15) is 4.79 Å². The summed E-state index contributed by atoms with van der Waals surface area (Å²) in [6.07, 6.45) is 2.14. The molecule has 1 aromatic heterocycles. The average molecular weight is 420 g/mol. The summed E-state index contributed by atoms with van der Waals surface area (Å²) >= 11 is 3.42. The SMILES string of the molecule is Cc1ccc(-c2n[nH]c(C(Br)C(=O)OC3C(C)CC(C)CC3C)n2)cc1. The van der Waals surface area contributed by atoms with E-state index in [1.54, 1.807) is 0 Å². The molecule has 1 fully saturated rings. The monoisotopic (exact) mass is 419 g/mol. The summed E-state index contributed by atoms with van der Waals surface area (Å²) in [7, 11) is 0. The number of aromatic nitrogens is 3. The van der Waals surface area contributed by atoms with Gasteiger partial charge in [0.25, 0.3) is 0 Å². The Morgan fingerprint density at radius 3 is 2.42 bits per heavy atom. The van der Waals surface area contributed by atoms with E-state index >= 15 is 0 Å². The van der Waals surface area contributed by atoms with Gasteiger partial charge in [0.1, 0.15) is 11.9 Å². The van der Waals surface area contributed by atoms with Crippen molar-refractivity contribution >= 4 is 21.9 Å². The quantitative estimate of drug-likeness (QED) is 0.568. The predicted octanol–water partition coefficient (Wildman–Crippen LogP) is 4.83. The number of carbonyl (C=O) groups excluding carboxylic acids is 1. The lowest BCUT2D eigenvalue weighted by Gasteiger charge is -2.37. The Bertz CT molecular complexity index is 747. The first-order chi connectivity index (χ1) is 12.3. The van der Waals surface area contributed by atoms with Crippen LogP contribution in [0.5, 0.6) is 0 Å². The van der Waals surface area contributed by atoms with Gasteiger partial charge in [-0.1, -0.05) is 66.5 Å². The minimum atomic E-state index is -0.645. The first-order valence-electron chi connectivity index (χ1n) is 9.19. The number of nitrogens with one attached hydrogen (secondary N) is 1. The molecular formula is C20H26BrN3O2. The molecule has 26 heavy (non-hydrogen) atoms. The smallest absolute Gasteiger partial charge is 0.327 e. The van der Waals surface area contributed by atoms with Crippen molar-refractivity contribution in [2.45, 2.75) is 51.5 Å². The minimum Gasteiger partial charge on any atom is -0.461 e. The van der Waals surface area contributed by atoms with Gasteiger partial charge in [-0.3, -0.25) is 9.89 Å². The Balaban J connectivity index is 1.68. The van der Waals surface area contributed by atoms with E-state index in [1.807, 2.05) is 31.2 Å². The summed E-state index contributed by atoms with van der Waals surface area (Å²) in [4.78, 5) is 16.4. The molecule has 6 heteroatoms. The molecule has 0 bridgehead atoms. The maximum absolute atomic E-state index is 12.6. The van der Waals surface area contributed by atoms with Crippen molar-refractivity contribution in [2.24, 2.45) is 17.8 Å². The zero-order valence-corrected chi connectivity index (χ0v) is 17.3. The van der Waals surface area contributed by atoms with Gasteiger partial charge in [-0.25, -0.2) is 4.98 Å². The van der Waals surface area contributed by atoms with Gasteiger partial charge in [0.05, 0.1) is 0 Å². The van der Waals surface area contributed by atoms with Crippen LogP contribution in [0.2, 0.25) is 0 Å². The summed E-state index contributed by atoms with van der Waals surface area (Å²) in [5.41, 5.74) is 2.09. The van der Waals surface area contributed by atoms with Crippen molar-refractivity contribution in [3.63, 3.8) is 0 Å². The number of H-pyrrole nitrogens is 1. The number of rotatable bonds is 4. The number of esters is 1. The van der Waals surface area contributed by atoms with Gasteiger partial charge in [-0.2, -0.15) is 5.10 Å². The summed E-state index contributed by atoms with van der Waals surface area (Å²) in [6.45, 7) is 8.62. The van der Waals surface area contributed by atoms with Crippen molar-refractivity contribution in [3.05, 3.63) is 35.7 Å². The van der Waals surface area contributed by atoms with E-state index < -0.39 is 4.83 Å². The van der Waals surface area contributed by atoms with Crippen LogP contribution in [0.25, 0.3) is 11.4 Å². The maximum Gasteiger partial charge on any atom is 0.327 e. The van der Waals surface area contributed by atoms with Gasteiger partial charge in [-0.15, -0.1) is 0 Å². The fourth-order valence-electron chi connectivity index (χ4n) is 3.95. The highest BCUT2D eigenvalue weighted by molar-refractivity contribution is 9.09. The number of nitrogens with zero attached hydrogens (tertiary/aromatic N) is 2. The van der Waals surface area contributed by atoms with Crippen LogP contribution in [-0.2, 0) is 9.53 Å². The fraction of sp³-hybridized carbons (Fsp3) is 0.550. The maximum atomic E-state index is 12.6. The number of carbonyl (C=O) groups is 1. The lowest BCUT2D eigenvalue weighted by molar-refractivity contribution is -0.157. The normalized spacial score (nSPS) is 27.1. The summed E-state index contributed by atoms with van der Waals surface area (Å²) in [5.74, 6) is 2.15. The molecule has 1 aliphatic carbocycles. The highest BCUT2D eigenvalue weighted by Crippen LogP contribution is 2.36. The number of hydrogen-bond donors (Lipinski definition) is 1. The number of ether oxygens (including phenoxy) is 1. The number of hydrogen-bond acceptors (Lipinski definition) is 4. The third-order valence-corrected chi connectivity index (χ3v) is 5.99. The van der Waals surface area contributed by atoms with E-state index in [0.29, 0.717) is 29.4 Å². The van der Waals surface area contributed by atoms with Gasteiger partial charge >= 0.3 is 5.97 Å². The van der Waals surface area contributed by atoms with Gasteiger partial charge in [0.15, 0.2) is 10.7 Å². The molecule has 140 valence electrons. The van der Waals surface area contributed by atoms with Gasteiger partial charge in [-0.05, 0) is 37.5 Å². The van der Waals surface area contributed by atoms with E-state index in [0.717, 1.165) is 18.4 Å². The molecule has 1 N–H and O–H groups in total. The minimum absolute atomic E-state index is 0.0433. The number of alkyl halides is 1. The van der Waals surface area contributed by atoms with Crippen LogP contribution in [0.4, 0.5) is 0 Å². The van der Waals surface area contributed by atoms with Crippen LogP contribution in [0.1, 0.15) is 49.8 Å². The van der Waals surface area contributed by atoms with E-state index in [1.165, 1.54) is 5.56 Å². The number of aromatic amines is 1. The molecule has 3 atom stereocenters. The summed E-state index contributed by atoms with van der Waals surface area (Å²) in [5, 5.41) is 7.09. The molecule has 0 spiro atoms. The molecule has 0 saturated heterocycles. The molecule has 1 aromatic carbocycles. The Morgan fingerprint density at radius 1 is 1.19 bits per heavy atom. The Kier molecular flexibility index (Phi) is 5.80. The molecule has 1 aliphatic rings. The number of halogens is 1. The lowest BCUT2D eigenvalue weighted by Crippen LogP contribution is -2.38. The standard InChI is InChI=1S/C20H26BrN3O2/c1-11-5-7-15(8-6-11)18-22-19(24-23-18)16(21)20(25)26-17-13(3)9-12(2)10-14(17)4/h5-8,12-14,16-17H,9-10H2,1-4H3,(H,22,23,24). The Labute approximate surface area is 163 Å². The fourth-order valence-corrected chi connectivity index (χ4v) is 4.26. The Morgan fingerprint density at radius 2 is 1.81 bits per heavy atom. The van der Waals surface area contributed by atoms with Crippen molar-refractivity contribution in [3.8, 4) is 11.4 Å². The van der Waals surface area contributed by atoms with E-state index in [-0.39, 0.29) is 12.1 Å². The van der Waals surface area contributed by atoms with Gasteiger partial charge in [0.2, 0.25) is 0 Å². The van der Waals surface area contributed by atoms with E-state index in [2.05, 4.69) is 51.9 Å². The molecule has 1 heterocycles. The molecule has 0 radical (unpaired) electrons. The van der Waals surface area contributed by atoms with Crippen LogP contribution >= 0.6 is 15.9 Å². The van der Waals surface area contributed by atoms with Crippen LogP contribution in [0, 0.1) is 24.7 Å². The third kappa shape index (κ3) is 4.17. The summed E-state index contributed by atoms with van der Waals surface area (Å²) in [6, 6.07) is 7.96. The number of aryl methyl sites for hydroxylation is 1. The number of benzene rings is 1. The van der Waals surface area contributed by atoms with Gasteiger partial charge < -0.3 is 4.74 Å². The zero-order chi connectivity index (χ0) is 18.8. The molecule has 3 unspecified atom stereocenters. The largest absolute Gasteiger partial charge is 0.461 e. The highest BCUT2D eigenvalue weighted by Gasteiger charge is 2.36. The first kappa shape index (κ1) is 19.1. The second-order valence-electron chi connectivity index (χ2n) is 7.71. The second kappa shape index (κ2) is 7.91. The highest BCUT2D eigenvalue weighted by atomic mass is 79.9. The predicted molar refractivity (Wildman–Crippen MR) is 105 cm³/mol. The van der Waals surface area contributed by atoms with Crippen molar-refractivity contribution in [1.29, 1.82) is 0 Å². The van der Waals surface area contributed by atoms with Gasteiger partial charge in [0, 0.05) is 5.56 Å². The average Bonchev–Trinajstić information content (AvgIpc) is 3.07. The molecule has 0 aliphatic heterocycles. The molecule has 0 amide bonds. The zero-order valence-electron chi connectivity index (χ0n) is 15.7. The molecule has 5 nitrogen and oxygen atoms in total.